The average molecular weight is 167 g/mol. The maximum atomic E-state index is 11.3. The SMILES string of the molecule is CN1C(=O)C(O)=C2CCCCC21. The molecule has 1 saturated carbocycles. The van der Waals surface area contributed by atoms with Gasteiger partial charge in [-0.25, -0.2) is 0 Å². The molecule has 12 heavy (non-hydrogen) atoms. The first-order valence-corrected chi connectivity index (χ1v) is 4.41. The van der Waals surface area contributed by atoms with Crippen LogP contribution in [0.1, 0.15) is 25.7 Å². The third kappa shape index (κ3) is 0.854. The first-order valence-electron chi connectivity index (χ1n) is 4.41. The molecule has 66 valence electrons. The summed E-state index contributed by atoms with van der Waals surface area (Å²) in [6.07, 6.45) is 4.18. The molecule has 1 aliphatic heterocycles. The molecular formula is C9H13NO2. The molecule has 2 rings (SSSR count). The van der Waals surface area contributed by atoms with Crippen LogP contribution in [0.3, 0.4) is 0 Å². The van der Waals surface area contributed by atoms with Crippen molar-refractivity contribution in [1.82, 2.24) is 4.90 Å². The van der Waals surface area contributed by atoms with Crippen LogP contribution in [0, 0.1) is 0 Å². The average Bonchev–Trinajstić information content (AvgIpc) is 2.33. The van der Waals surface area contributed by atoms with E-state index in [1.54, 1.807) is 11.9 Å². The molecule has 1 N–H and O–H groups in total. The monoisotopic (exact) mass is 167 g/mol. The van der Waals surface area contributed by atoms with Gasteiger partial charge in [0.1, 0.15) is 0 Å². The van der Waals surface area contributed by atoms with Gasteiger partial charge in [-0.2, -0.15) is 0 Å². The molecule has 0 bridgehead atoms. The Morgan fingerprint density at radius 2 is 2.25 bits per heavy atom. The second-order valence-corrected chi connectivity index (χ2v) is 3.55. The van der Waals surface area contributed by atoms with Gasteiger partial charge in [-0.05, 0) is 24.8 Å². The Labute approximate surface area is 71.7 Å². The lowest BCUT2D eigenvalue weighted by Crippen LogP contribution is -2.32. The van der Waals surface area contributed by atoms with Gasteiger partial charge in [-0.15, -0.1) is 0 Å². The maximum absolute atomic E-state index is 11.3. The summed E-state index contributed by atoms with van der Waals surface area (Å²) in [5.41, 5.74) is 0.966. The summed E-state index contributed by atoms with van der Waals surface area (Å²) in [5, 5.41) is 9.45. The van der Waals surface area contributed by atoms with Gasteiger partial charge in [-0.3, -0.25) is 4.79 Å². The second kappa shape index (κ2) is 2.51. The predicted octanol–water partition coefficient (Wildman–Crippen LogP) is 1.21. The molecule has 1 aliphatic carbocycles. The number of hydrogen-bond donors (Lipinski definition) is 1. The number of aliphatic hydroxyl groups is 1. The molecule has 0 spiro atoms. The summed E-state index contributed by atoms with van der Waals surface area (Å²) in [7, 11) is 1.77. The second-order valence-electron chi connectivity index (χ2n) is 3.55. The van der Waals surface area contributed by atoms with Crippen molar-refractivity contribution in [3.63, 3.8) is 0 Å². The quantitative estimate of drug-likeness (QED) is 0.589. The van der Waals surface area contributed by atoms with Crippen LogP contribution in [0.25, 0.3) is 0 Å². The lowest BCUT2D eigenvalue weighted by molar-refractivity contribution is -0.128. The number of hydrogen-bond acceptors (Lipinski definition) is 2. The molecule has 1 atom stereocenters. The molecule has 1 unspecified atom stereocenters. The minimum Gasteiger partial charge on any atom is -0.503 e. The number of fused-ring (bicyclic) bond motifs is 1. The van der Waals surface area contributed by atoms with Gasteiger partial charge in [0.25, 0.3) is 5.91 Å². The molecule has 1 fully saturated rings. The van der Waals surface area contributed by atoms with Crippen LogP contribution < -0.4 is 0 Å². The summed E-state index contributed by atoms with van der Waals surface area (Å²) in [6.45, 7) is 0. The molecule has 0 aromatic heterocycles. The van der Waals surface area contributed by atoms with Crippen LogP contribution >= 0.6 is 0 Å². The van der Waals surface area contributed by atoms with E-state index < -0.39 is 0 Å². The summed E-state index contributed by atoms with van der Waals surface area (Å²) in [6, 6.07) is 0.200. The van der Waals surface area contributed by atoms with Crippen molar-refractivity contribution in [2.24, 2.45) is 0 Å². The van der Waals surface area contributed by atoms with Gasteiger partial charge in [-0.1, -0.05) is 6.42 Å². The summed E-state index contributed by atoms with van der Waals surface area (Å²) < 4.78 is 0. The third-order valence-corrected chi connectivity index (χ3v) is 2.87. The minimum absolute atomic E-state index is 0.0159. The van der Waals surface area contributed by atoms with Crippen LogP contribution in [-0.2, 0) is 4.79 Å². The van der Waals surface area contributed by atoms with Gasteiger partial charge in [0.2, 0.25) is 0 Å². The first kappa shape index (κ1) is 7.65. The highest BCUT2D eigenvalue weighted by molar-refractivity contribution is 5.95. The lowest BCUT2D eigenvalue weighted by atomic mass is 9.91. The van der Waals surface area contributed by atoms with Crippen LogP contribution in [-0.4, -0.2) is 29.0 Å². The van der Waals surface area contributed by atoms with Crippen molar-refractivity contribution in [1.29, 1.82) is 0 Å². The van der Waals surface area contributed by atoms with Crippen LogP contribution in [0.4, 0.5) is 0 Å². The van der Waals surface area contributed by atoms with Gasteiger partial charge in [0.05, 0.1) is 6.04 Å². The minimum atomic E-state index is -0.197. The number of carbonyl (C=O) groups excluding carboxylic acids is 1. The van der Waals surface area contributed by atoms with Crippen LogP contribution in [0.15, 0.2) is 11.3 Å². The number of likely N-dealkylation sites (N-methyl/N-ethyl adjacent to an activating group) is 1. The van der Waals surface area contributed by atoms with Crippen molar-refractivity contribution in [3.8, 4) is 0 Å². The Morgan fingerprint density at radius 3 is 2.92 bits per heavy atom. The molecule has 0 aromatic rings. The molecule has 3 nitrogen and oxygen atoms in total. The smallest absolute Gasteiger partial charge is 0.288 e. The normalized spacial score (nSPS) is 29.6. The van der Waals surface area contributed by atoms with E-state index in [-0.39, 0.29) is 17.7 Å². The Kier molecular flexibility index (Phi) is 1.60. The van der Waals surface area contributed by atoms with Crippen molar-refractivity contribution >= 4 is 5.91 Å². The fourth-order valence-corrected chi connectivity index (χ4v) is 2.14. The van der Waals surface area contributed by atoms with Gasteiger partial charge in [0, 0.05) is 7.05 Å². The van der Waals surface area contributed by atoms with Crippen molar-refractivity contribution < 1.29 is 9.90 Å². The van der Waals surface area contributed by atoms with E-state index >= 15 is 0 Å². The largest absolute Gasteiger partial charge is 0.503 e. The topological polar surface area (TPSA) is 40.5 Å². The van der Waals surface area contributed by atoms with Crippen molar-refractivity contribution in [3.05, 3.63) is 11.3 Å². The maximum Gasteiger partial charge on any atom is 0.288 e. The van der Waals surface area contributed by atoms with Crippen LogP contribution in [0.5, 0.6) is 0 Å². The molecular weight excluding hydrogens is 154 g/mol. The van der Waals surface area contributed by atoms with Crippen LogP contribution in [0.2, 0.25) is 0 Å². The fourth-order valence-electron chi connectivity index (χ4n) is 2.14. The van der Waals surface area contributed by atoms with Gasteiger partial charge < -0.3 is 10.0 Å². The first-order chi connectivity index (χ1) is 5.72. The molecule has 0 saturated heterocycles. The molecule has 1 heterocycles. The number of nitrogens with zero attached hydrogens (tertiary/aromatic N) is 1. The molecule has 0 aromatic carbocycles. The number of rotatable bonds is 0. The zero-order valence-corrected chi connectivity index (χ0v) is 7.21. The van der Waals surface area contributed by atoms with E-state index in [2.05, 4.69) is 0 Å². The van der Waals surface area contributed by atoms with Gasteiger partial charge in [0.15, 0.2) is 5.76 Å². The number of aliphatic hydroxyl groups excluding tert-OH is 1. The summed E-state index contributed by atoms with van der Waals surface area (Å²) in [5.74, 6) is -0.181. The molecule has 3 heteroatoms. The Bertz CT molecular complexity index is 257. The zero-order valence-electron chi connectivity index (χ0n) is 7.21. The van der Waals surface area contributed by atoms with Crippen molar-refractivity contribution in [2.45, 2.75) is 31.7 Å². The Balaban J connectivity index is 2.33. The summed E-state index contributed by atoms with van der Waals surface area (Å²) in [4.78, 5) is 12.9. The predicted molar refractivity (Wildman–Crippen MR) is 44.7 cm³/mol. The highest BCUT2D eigenvalue weighted by atomic mass is 16.3. The van der Waals surface area contributed by atoms with E-state index in [9.17, 15) is 9.90 Å². The van der Waals surface area contributed by atoms with E-state index in [0.717, 1.165) is 24.8 Å². The lowest BCUT2D eigenvalue weighted by Gasteiger charge is -2.25. The standard InChI is InChI=1S/C9H13NO2/c1-10-7-5-3-2-4-6(7)8(11)9(10)12/h7,11H,2-5H2,1H3. The fraction of sp³-hybridized carbons (Fsp3) is 0.667. The molecule has 0 radical (unpaired) electrons. The van der Waals surface area contributed by atoms with E-state index in [1.165, 1.54) is 6.42 Å². The Hall–Kier alpha value is -0.990. The molecule has 2 aliphatic rings. The highest BCUT2D eigenvalue weighted by Gasteiger charge is 2.37. The van der Waals surface area contributed by atoms with E-state index in [1.807, 2.05) is 0 Å². The zero-order chi connectivity index (χ0) is 8.72. The number of amides is 1. The number of carbonyl (C=O) groups is 1. The summed E-state index contributed by atoms with van der Waals surface area (Å²) >= 11 is 0. The highest BCUT2D eigenvalue weighted by Crippen LogP contribution is 2.34. The molecule has 1 amide bonds. The van der Waals surface area contributed by atoms with Gasteiger partial charge >= 0.3 is 0 Å². The third-order valence-electron chi connectivity index (χ3n) is 2.87. The van der Waals surface area contributed by atoms with Crippen molar-refractivity contribution in [2.75, 3.05) is 7.05 Å². The van der Waals surface area contributed by atoms with E-state index in [4.69, 9.17) is 0 Å². The van der Waals surface area contributed by atoms with E-state index in [0.29, 0.717) is 0 Å². The Morgan fingerprint density at radius 1 is 1.50 bits per heavy atom.